The lowest BCUT2D eigenvalue weighted by Gasteiger charge is -2.11. The molecule has 0 aliphatic rings. The van der Waals surface area contributed by atoms with Gasteiger partial charge in [-0.25, -0.2) is 4.79 Å². The normalized spacial score (nSPS) is 11.1. The minimum Gasteiger partial charge on any atom is -0.478 e. The van der Waals surface area contributed by atoms with Crippen LogP contribution in [0.2, 0.25) is 0 Å². The Hall–Kier alpha value is -3.63. The average molecular weight is 464 g/mol. The number of halogens is 1. The van der Waals surface area contributed by atoms with Crippen LogP contribution < -0.4 is 5.32 Å². The molecule has 0 radical (unpaired) electrons. The molecule has 3 rings (SSSR count). The summed E-state index contributed by atoms with van der Waals surface area (Å²) in [6.45, 7) is 3.87. The first kappa shape index (κ1) is 21.1. The van der Waals surface area contributed by atoms with E-state index in [-0.39, 0.29) is 11.1 Å². The number of anilines is 1. The van der Waals surface area contributed by atoms with Crippen LogP contribution in [0.4, 0.5) is 5.69 Å². The molecule has 0 spiro atoms. The molecule has 1 aromatic heterocycles. The van der Waals surface area contributed by atoms with Crippen molar-refractivity contribution in [3.05, 3.63) is 87.2 Å². The van der Waals surface area contributed by atoms with E-state index in [1.165, 1.54) is 24.3 Å². The minimum absolute atomic E-state index is 0.0484. The number of amides is 1. The number of aromatic carboxylic acids is 1. The Morgan fingerprint density at radius 3 is 2.53 bits per heavy atom. The highest BCUT2D eigenvalue weighted by molar-refractivity contribution is 9.10. The van der Waals surface area contributed by atoms with E-state index < -0.39 is 11.9 Å². The average Bonchev–Trinajstić information content (AvgIpc) is 2.99. The minimum atomic E-state index is -1.10. The summed E-state index contributed by atoms with van der Waals surface area (Å²) in [6, 6.07) is 17.5. The van der Waals surface area contributed by atoms with Crippen molar-refractivity contribution in [1.29, 1.82) is 5.26 Å². The maximum absolute atomic E-state index is 12.6. The molecule has 0 atom stereocenters. The molecule has 0 bridgehead atoms. The van der Waals surface area contributed by atoms with E-state index in [0.717, 1.165) is 27.1 Å². The van der Waals surface area contributed by atoms with Crippen molar-refractivity contribution in [2.75, 3.05) is 5.32 Å². The highest BCUT2D eigenvalue weighted by Gasteiger charge is 2.15. The summed E-state index contributed by atoms with van der Waals surface area (Å²) < 4.78 is 2.97. The molecule has 150 valence electrons. The third kappa shape index (κ3) is 4.34. The fraction of sp³-hybridized carbons (Fsp3) is 0.0870. The third-order valence-corrected chi connectivity index (χ3v) is 5.27. The fourth-order valence-corrected chi connectivity index (χ4v) is 3.63. The molecule has 3 aromatic rings. The zero-order valence-electron chi connectivity index (χ0n) is 16.3. The molecule has 6 nitrogen and oxygen atoms in total. The molecule has 2 N–H and O–H groups in total. The van der Waals surface area contributed by atoms with Gasteiger partial charge >= 0.3 is 5.97 Å². The predicted octanol–water partition coefficient (Wildman–Crippen LogP) is 5.10. The maximum atomic E-state index is 12.6. The molecule has 0 fully saturated rings. The number of hydrogen-bond acceptors (Lipinski definition) is 3. The lowest BCUT2D eigenvalue weighted by Crippen LogP contribution is -2.14. The van der Waals surface area contributed by atoms with E-state index in [0.29, 0.717) is 5.69 Å². The quantitative estimate of drug-likeness (QED) is 0.406. The topological polar surface area (TPSA) is 95.1 Å². The number of aryl methyl sites for hydroxylation is 1. The summed E-state index contributed by atoms with van der Waals surface area (Å²) >= 11 is 3.56. The molecule has 1 heterocycles. The zero-order chi connectivity index (χ0) is 21.8. The van der Waals surface area contributed by atoms with Crippen LogP contribution in [0.3, 0.4) is 0 Å². The number of carboxylic acid groups (broad SMARTS) is 1. The SMILES string of the molecule is Cc1cc(/C=C(/C#N)C(=O)Nc2cccc(C(=O)O)c2)c(C)n1-c1ccccc1Br. The van der Waals surface area contributed by atoms with Crippen molar-refractivity contribution in [3.63, 3.8) is 0 Å². The van der Waals surface area contributed by atoms with Gasteiger partial charge in [0.15, 0.2) is 0 Å². The zero-order valence-corrected chi connectivity index (χ0v) is 17.9. The molecule has 2 aromatic carbocycles. The number of nitriles is 1. The second-order valence-electron chi connectivity index (χ2n) is 6.62. The molecule has 0 aliphatic carbocycles. The van der Waals surface area contributed by atoms with Crippen molar-refractivity contribution < 1.29 is 14.7 Å². The van der Waals surface area contributed by atoms with Crippen LogP contribution in [-0.4, -0.2) is 21.6 Å². The number of rotatable bonds is 5. The van der Waals surface area contributed by atoms with Crippen LogP contribution in [0.1, 0.15) is 27.3 Å². The number of hydrogen-bond donors (Lipinski definition) is 2. The second-order valence-corrected chi connectivity index (χ2v) is 7.48. The van der Waals surface area contributed by atoms with Crippen LogP contribution in [0.15, 0.2) is 64.6 Å². The number of benzene rings is 2. The highest BCUT2D eigenvalue weighted by atomic mass is 79.9. The molecule has 0 saturated carbocycles. The highest BCUT2D eigenvalue weighted by Crippen LogP contribution is 2.27. The monoisotopic (exact) mass is 463 g/mol. The fourth-order valence-electron chi connectivity index (χ4n) is 3.17. The van der Waals surface area contributed by atoms with Gasteiger partial charge in [-0.3, -0.25) is 4.79 Å². The summed E-state index contributed by atoms with van der Waals surface area (Å²) in [5, 5.41) is 21.2. The van der Waals surface area contributed by atoms with Crippen LogP contribution in [-0.2, 0) is 4.79 Å². The Balaban J connectivity index is 1.93. The molecule has 0 aliphatic heterocycles. The van der Waals surface area contributed by atoms with Crippen LogP contribution >= 0.6 is 15.9 Å². The van der Waals surface area contributed by atoms with Crippen molar-refractivity contribution in [2.45, 2.75) is 13.8 Å². The Kier molecular flexibility index (Phi) is 6.19. The van der Waals surface area contributed by atoms with E-state index in [1.54, 1.807) is 6.07 Å². The van der Waals surface area contributed by atoms with Gasteiger partial charge in [0.25, 0.3) is 5.91 Å². The Labute approximate surface area is 182 Å². The van der Waals surface area contributed by atoms with Crippen LogP contribution in [0, 0.1) is 25.2 Å². The number of carbonyl (C=O) groups is 2. The van der Waals surface area contributed by atoms with Crippen molar-refractivity contribution in [3.8, 4) is 11.8 Å². The first-order chi connectivity index (χ1) is 14.3. The molecule has 0 saturated heterocycles. The van der Waals surface area contributed by atoms with E-state index in [4.69, 9.17) is 5.11 Å². The van der Waals surface area contributed by atoms with E-state index in [2.05, 4.69) is 21.2 Å². The maximum Gasteiger partial charge on any atom is 0.335 e. The Bertz CT molecular complexity index is 1220. The summed E-state index contributed by atoms with van der Waals surface area (Å²) in [7, 11) is 0. The molecular formula is C23H18BrN3O3. The van der Waals surface area contributed by atoms with Gasteiger partial charge in [-0.2, -0.15) is 5.26 Å². The summed E-state index contributed by atoms with van der Waals surface area (Å²) in [5.41, 5.74) is 3.82. The first-order valence-electron chi connectivity index (χ1n) is 9.02. The van der Waals surface area contributed by atoms with Gasteiger partial charge in [-0.1, -0.05) is 18.2 Å². The molecule has 30 heavy (non-hydrogen) atoms. The smallest absolute Gasteiger partial charge is 0.335 e. The lowest BCUT2D eigenvalue weighted by atomic mass is 10.1. The van der Waals surface area contributed by atoms with Crippen LogP contribution in [0.5, 0.6) is 0 Å². The van der Waals surface area contributed by atoms with E-state index in [9.17, 15) is 14.9 Å². The Morgan fingerprint density at radius 2 is 1.87 bits per heavy atom. The van der Waals surface area contributed by atoms with Crippen molar-refractivity contribution in [2.24, 2.45) is 0 Å². The first-order valence-corrected chi connectivity index (χ1v) is 9.81. The Morgan fingerprint density at radius 1 is 1.13 bits per heavy atom. The number of carbonyl (C=O) groups excluding carboxylic acids is 1. The molecule has 0 unspecified atom stereocenters. The third-order valence-electron chi connectivity index (χ3n) is 4.60. The summed E-state index contributed by atoms with van der Waals surface area (Å²) in [4.78, 5) is 23.7. The van der Waals surface area contributed by atoms with Gasteiger partial charge in [0.2, 0.25) is 0 Å². The van der Waals surface area contributed by atoms with Crippen LogP contribution in [0.25, 0.3) is 11.8 Å². The molecule has 7 heteroatoms. The summed E-state index contributed by atoms with van der Waals surface area (Å²) in [5.74, 6) is -1.70. The van der Waals surface area contributed by atoms with E-state index in [1.807, 2.05) is 54.8 Å². The standard InChI is InChI=1S/C23H18BrN3O3/c1-14-10-17(15(2)27(14)21-9-4-3-8-20(21)24)11-18(13-25)22(28)26-19-7-5-6-16(12-19)23(29)30/h3-12H,1-2H3,(H,26,28)(H,29,30)/b18-11-. The van der Waals surface area contributed by atoms with Gasteiger partial charge in [-0.05, 0) is 77.8 Å². The van der Waals surface area contributed by atoms with Crippen molar-refractivity contribution in [1.82, 2.24) is 4.57 Å². The van der Waals surface area contributed by atoms with Gasteiger partial charge < -0.3 is 15.0 Å². The molecule has 1 amide bonds. The number of nitrogens with one attached hydrogen (secondary N) is 1. The summed E-state index contributed by atoms with van der Waals surface area (Å²) in [6.07, 6.45) is 1.53. The van der Waals surface area contributed by atoms with E-state index >= 15 is 0 Å². The van der Waals surface area contributed by atoms with Gasteiger partial charge in [0, 0.05) is 21.5 Å². The number of aromatic nitrogens is 1. The molecular weight excluding hydrogens is 446 g/mol. The predicted molar refractivity (Wildman–Crippen MR) is 119 cm³/mol. The largest absolute Gasteiger partial charge is 0.478 e. The van der Waals surface area contributed by atoms with Gasteiger partial charge in [0.05, 0.1) is 11.3 Å². The van der Waals surface area contributed by atoms with Gasteiger partial charge in [0.1, 0.15) is 11.6 Å². The lowest BCUT2D eigenvalue weighted by molar-refractivity contribution is -0.112. The van der Waals surface area contributed by atoms with Gasteiger partial charge in [-0.15, -0.1) is 0 Å². The van der Waals surface area contributed by atoms with Crippen molar-refractivity contribution >= 4 is 39.6 Å². The number of nitrogens with zero attached hydrogens (tertiary/aromatic N) is 2. The number of carboxylic acids is 1. The second kappa shape index (κ2) is 8.80. The number of para-hydroxylation sites is 1.